The first-order chi connectivity index (χ1) is 12.7. The molecule has 0 saturated heterocycles. The number of nitro benzene ring substituents is 1. The smallest absolute Gasteiger partial charge is 0.258 e. The van der Waals surface area contributed by atoms with Crippen molar-refractivity contribution in [2.45, 2.75) is 6.54 Å². The number of nitro groups is 1. The molecule has 0 atom stereocenters. The maximum atomic E-state index is 10.9. The summed E-state index contributed by atoms with van der Waals surface area (Å²) in [5, 5.41) is 19.6. The monoisotopic (exact) mass is 347 g/mol. The predicted octanol–water partition coefficient (Wildman–Crippen LogP) is 2.48. The molecule has 0 bridgehead atoms. The average Bonchev–Trinajstić information content (AvgIpc) is 3.32. The minimum atomic E-state index is -0.442. The molecule has 0 N–H and O–H groups in total. The van der Waals surface area contributed by atoms with Crippen LogP contribution < -0.4 is 0 Å². The van der Waals surface area contributed by atoms with E-state index in [1.165, 1.54) is 18.5 Å². The molecule has 2 aromatic carbocycles. The van der Waals surface area contributed by atoms with Crippen molar-refractivity contribution in [2.24, 2.45) is 0 Å². The third-order valence-electron chi connectivity index (χ3n) is 3.77. The molecular weight excluding hydrogens is 334 g/mol. The normalized spacial score (nSPS) is 10.8. The summed E-state index contributed by atoms with van der Waals surface area (Å²) in [6.07, 6.45) is 3.05. The third kappa shape index (κ3) is 3.05. The van der Waals surface area contributed by atoms with E-state index in [9.17, 15) is 10.1 Å². The van der Waals surface area contributed by atoms with Crippen molar-refractivity contribution in [3.8, 4) is 17.1 Å². The Kier molecular flexibility index (Phi) is 3.94. The van der Waals surface area contributed by atoms with E-state index in [1.807, 2.05) is 30.3 Å². The lowest BCUT2D eigenvalue weighted by Crippen LogP contribution is -2.09. The van der Waals surface area contributed by atoms with Crippen LogP contribution in [0.4, 0.5) is 5.69 Å². The summed E-state index contributed by atoms with van der Waals surface area (Å²) >= 11 is 0. The first kappa shape index (κ1) is 15.6. The standard InChI is InChI=1S/C17H13N7O2/c25-24(26)15-8-4-5-13(9-15)17-19-12-22(21-17)10-16-18-11-20-23(16)14-6-2-1-3-7-14/h1-9,11-12H,10H2. The molecule has 128 valence electrons. The highest BCUT2D eigenvalue weighted by atomic mass is 16.6. The van der Waals surface area contributed by atoms with Gasteiger partial charge >= 0.3 is 0 Å². The second-order valence-electron chi connectivity index (χ2n) is 5.50. The maximum Gasteiger partial charge on any atom is 0.270 e. The van der Waals surface area contributed by atoms with Crippen molar-refractivity contribution >= 4 is 5.69 Å². The van der Waals surface area contributed by atoms with E-state index in [0.717, 1.165) is 5.69 Å². The van der Waals surface area contributed by atoms with E-state index in [0.29, 0.717) is 23.8 Å². The number of rotatable bonds is 5. The van der Waals surface area contributed by atoms with Gasteiger partial charge in [0.1, 0.15) is 19.2 Å². The summed E-state index contributed by atoms with van der Waals surface area (Å²) in [5.74, 6) is 1.12. The van der Waals surface area contributed by atoms with Crippen LogP contribution in [0.2, 0.25) is 0 Å². The molecule has 4 rings (SSSR count). The molecule has 26 heavy (non-hydrogen) atoms. The number of hydrogen-bond donors (Lipinski definition) is 0. The minimum Gasteiger partial charge on any atom is -0.258 e. The Balaban J connectivity index is 1.60. The quantitative estimate of drug-likeness (QED) is 0.406. The Bertz CT molecular complexity index is 1060. The van der Waals surface area contributed by atoms with Crippen LogP contribution in [-0.2, 0) is 6.54 Å². The minimum absolute atomic E-state index is 0.00247. The molecule has 2 aromatic heterocycles. The largest absolute Gasteiger partial charge is 0.270 e. The zero-order chi connectivity index (χ0) is 17.9. The van der Waals surface area contributed by atoms with Gasteiger partial charge in [-0.2, -0.15) is 10.2 Å². The Hall–Kier alpha value is -3.88. The summed E-state index contributed by atoms with van der Waals surface area (Å²) in [5.41, 5.74) is 1.49. The van der Waals surface area contributed by atoms with Crippen LogP contribution >= 0.6 is 0 Å². The van der Waals surface area contributed by atoms with Crippen LogP contribution in [0, 0.1) is 10.1 Å². The number of para-hydroxylation sites is 1. The Morgan fingerprint density at radius 1 is 1.04 bits per heavy atom. The van der Waals surface area contributed by atoms with Gasteiger partial charge in [0.2, 0.25) is 0 Å². The van der Waals surface area contributed by atoms with Crippen molar-refractivity contribution in [1.29, 1.82) is 0 Å². The van der Waals surface area contributed by atoms with Crippen LogP contribution in [0.25, 0.3) is 17.1 Å². The van der Waals surface area contributed by atoms with Crippen molar-refractivity contribution in [3.05, 3.63) is 83.2 Å². The average molecular weight is 347 g/mol. The Morgan fingerprint density at radius 2 is 1.88 bits per heavy atom. The molecule has 0 saturated carbocycles. The molecule has 0 aliphatic heterocycles. The van der Waals surface area contributed by atoms with Crippen molar-refractivity contribution < 1.29 is 4.92 Å². The first-order valence-corrected chi connectivity index (χ1v) is 7.79. The summed E-state index contributed by atoms with van der Waals surface area (Å²) < 4.78 is 3.35. The summed E-state index contributed by atoms with van der Waals surface area (Å²) in [6.45, 7) is 0.372. The summed E-state index contributed by atoms with van der Waals surface area (Å²) in [6, 6.07) is 15.9. The fourth-order valence-corrected chi connectivity index (χ4v) is 2.56. The van der Waals surface area contributed by atoms with Gasteiger partial charge in [0.05, 0.1) is 10.6 Å². The van der Waals surface area contributed by atoms with E-state index < -0.39 is 4.92 Å². The highest BCUT2D eigenvalue weighted by Crippen LogP contribution is 2.20. The van der Waals surface area contributed by atoms with E-state index in [2.05, 4.69) is 20.2 Å². The van der Waals surface area contributed by atoms with Gasteiger partial charge in [-0.15, -0.1) is 0 Å². The van der Waals surface area contributed by atoms with Gasteiger partial charge in [-0.3, -0.25) is 10.1 Å². The zero-order valence-electron chi connectivity index (χ0n) is 13.5. The number of aromatic nitrogens is 6. The fraction of sp³-hybridized carbons (Fsp3) is 0.0588. The van der Waals surface area contributed by atoms with Crippen LogP contribution in [-0.4, -0.2) is 34.5 Å². The van der Waals surface area contributed by atoms with Crippen molar-refractivity contribution in [2.75, 3.05) is 0 Å². The molecule has 0 aliphatic rings. The van der Waals surface area contributed by atoms with Gasteiger partial charge in [-0.05, 0) is 12.1 Å². The molecular formula is C17H13N7O2. The molecule has 0 fully saturated rings. The topological polar surface area (TPSA) is 105 Å². The van der Waals surface area contributed by atoms with Gasteiger partial charge in [-0.1, -0.05) is 30.3 Å². The number of hydrogen-bond acceptors (Lipinski definition) is 6. The zero-order valence-corrected chi connectivity index (χ0v) is 13.5. The second kappa shape index (κ2) is 6.55. The van der Waals surface area contributed by atoms with Crippen LogP contribution in [0.5, 0.6) is 0 Å². The molecule has 2 heterocycles. The van der Waals surface area contributed by atoms with Gasteiger partial charge in [0.15, 0.2) is 11.6 Å². The molecule has 0 unspecified atom stereocenters. The highest BCUT2D eigenvalue weighted by Gasteiger charge is 2.12. The van der Waals surface area contributed by atoms with Gasteiger partial charge in [0, 0.05) is 17.7 Å². The first-order valence-electron chi connectivity index (χ1n) is 7.79. The molecule has 9 heteroatoms. The summed E-state index contributed by atoms with van der Waals surface area (Å²) in [7, 11) is 0. The maximum absolute atomic E-state index is 10.9. The molecule has 0 amide bonds. The van der Waals surface area contributed by atoms with Gasteiger partial charge in [-0.25, -0.2) is 19.3 Å². The second-order valence-corrected chi connectivity index (χ2v) is 5.50. The van der Waals surface area contributed by atoms with Gasteiger partial charge in [0.25, 0.3) is 5.69 Å². The third-order valence-corrected chi connectivity index (χ3v) is 3.77. The van der Waals surface area contributed by atoms with E-state index in [1.54, 1.807) is 27.8 Å². The SMILES string of the molecule is O=[N+]([O-])c1cccc(-c2ncn(Cc3ncnn3-c3ccccc3)n2)c1. The van der Waals surface area contributed by atoms with E-state index in [4.69, 9.17) is 0 Å². The lowest BCUT2D eigenvalue weighted by Gasteiger charge is -2.05. The molecule has 0 spiro atoms. The van der Waals surface area contributed by atoms with Crippen LogP contribution in [0.3, 0.4) is 0 Å². The lowest BCUT2D eigenvalue weighted by molar-refractivity contribution is -0.384. The van der Waals surface area contributed by atoms with E-state index >= 15 is 0 Å². The Morgan fingerprint density at radius 3 is 2.69 bits per heavy atom. The lowest BCUT2D eigenvalue weighted by atomic mass is 10.2. The molecule has 0 radical (unpaired) electrons. The predicted molar refractivity (Wildman–Crippen MR) is 92.6 cm³/mol. The fourth-order valence-electron chi connectivity index (χ4n) is 2.56. The molecule has 9 nitrogen and oxygen atoms in total. The molecule has 0 aliphatic carbocycles. The highest BCUT2D eigenvalue weighted by molar-refractivity contribution is 5.58. The van der Waals surface area contributed by atoms with Crippen molar-refractivity contribution in [1.82, 2.24) is 29.5 Å². The number of benzene rings is 2. The van der Waals surface area contributed by atoms with Crippen LogP contribution in [0.15, 0.2) is 67.3 Å². The van der Waals surface area contributed by atoms with Crippen molar-refractivity contribution in [3.63, 3.8) is 0 Å². The van der Waals surface area contributed by atoms with Gasteiger partial charge < -0.3 is 0 Å². The van der Waals surface area contributed by atoms with E-state index in [-0.39, 0.29) is 5.69 Å². The summed E-state index contributed by atoms with van der Waals surface area (Å²) in [4.78, 5) is 19.0. The number of non-ortho nitro benzene ring substituents is 1. The number of nitrogens with zero attached hydrogens (tertiary/aromatic N) is 7. The molecule has 4 aromatic rings. The Labute approximate surface area is 147 Å². The van der Waals surface area contributed by atoms with Crippen LogP contribution in [0.1, 0.15) is 5.82 Å².